The fraction of sp³-hybridized carbons (Fsp3) is 0.231. The minimum absolute atomic E-state index is 0.204. The number of rotatable bonds is 6. The number of aromatic amines is 1. The zero-order chi connectivity index (χ0) is 21.9. The lowest BCUT2D eigenvalue weighted by molar-refractivity contribution is 0.220. The molecular formula is C26H26FN5. The van der Waals surface area contributed by atoms with Crippen LogP contribution in [-0.4, -0.2) is 33.2 Å². The van der Waals surface area contributed by atoms with Gasteiger partial charge in [0, 0.05) is 18.1 Å². The van der Waals surface area contributed by atoms with Gasteiger partial charge in [0.1, 0.15) is 11.5 Å². The molecule has 6 heteroatoms. The molecule has 0 radical (unpaired) electrons. The molecule has 0 saturated carbocycles. The number of hydrogen-bond donors (Lipinski definition) is 2. The lowest BCUT2D eigenvalue weighted by atomic mass is 10.00. The van der Waals surface area contributed by atoms with Crippen molar-refractivity contribution in [2.45, 2.75) is 25.8 Å². The van der Waals surface area contributed by atoms with Crippen LogP contribution in [0.15, 0.2) is 67.5 Å². The minimum Gasteiger partial charge on any atom is -0.353 e. The molecule has 162 valence electrons. The SMILES string of the molecule is C=C(Nc1cccnc1)c1n[nH]c2ccc(-c3cc(F)cc(CN4CCCCC4)c3)cc12. The Morgan fingerprint density at radius 2 is 1.94 bits per heavy atom. The molecule has 0 spiro atoms. The Labute approximate surface area is 187 Å². The fourth-order valence-electron chi connectivity index (χ4n) is 4.38. The Bertz CT molecular complexity index is 1240. The highest BCUT2D eigenvalue weighted by Crippen LogP contribution is 2.30. The number of nitrogens with one attached hydrogen (secondary N) is 2. The third kappa shape index (κ3) is 4.41. The molecular weight excluding hydrogens is 401 g/mol. The molecule has 2 N–H and O–H groups in total. The highest BCUT2D eigenvalue weighted by Gasteiger charge is 2.14. The average molecular weight is 428 g/mol. The van der Waals surface area contributed by atoms with Crippen molar-refractivity contribution < 1.29 is 4.39 Å². The number of pyridine rings is 1. The predicted octanol–water partition coefficient (Wildman–Crippen LogP) is 5.83. The molecule has 5 rings (SSSR count). The van der Waals surface area contributed by atoms with Gasteiger partial charge in [-0.25, -0.2) is 4.39 Å². The summed E-state index contributed by atoms with van der Waals surface area (Å²) in [5.41, 5.74) is 5.99. The number of benzene rings is 2. The van der Waals surface area contributed by atoms with Crippen molar-refractivity contribution in [3.05, 3.63) is 84.6 Å². The van der Waals surface area contributed by atoms with Gasteiger partial charge in [-0.3, -0.25) is 15.0 Å². The molecule has 0 atom stereocenters. The first-order valence-corrected chi connectivity index (χ1v) is 11.0. The summed E-state index contributed by atoms with van der Waals surface area (Å²) in [5, 5.41) is 11.7. The van der Waals surface area contributed by atoms with Crippen LogP contribution in [0.2, 0.25) is 0 Å². The first kappa shape index (κ1) is 20.4. The summed E-state index contributed by atoms with van der Waals surface area (Å²) < 4.78 is 14.5. The lowest BCUT2D eigenvalue weighted by Crippen LogP contribution is -2.29. The highest BCUT2D eigenvalue weighted by atomic mass is 19.1. The first-order chi connectivity index (χ1) is 15.7. The van der Waals surface area contributed by atoms with Gasteiger partial charge >= 0.3 is 0 Å². The molecule has 32 heavy (non-hydrogen) atoms. The summed E-state index contributed by atoms with van der Waals surface area (Å²) in [6, 6.07) is 15.2. The van der Waals surface area contributed by atoms with Crippen LogP contribution in [0.5, 0.6) is 0 Å². The van der Waals surface area contributed by atoms with Crippen LogP contribution < -0.4 is 5.32 Å². The highest BCUT2D eigenvalue weighted by molar-refractivity contribution is 5.95. The van der Waals surface area contributed by atoms with E-state index < -0.39 is 0 Å². The molecule has 2 aromatic carbocycles. The van der Waals surface area contributed by atoms with E-state index in [1.165, 1.54) is 19.3 Å². The number of anilines is 1. The maximum atomic E-state index is 14.5. The zero-order valence-corrected chi connectivity index (χ0v) is 17.9. The van der Waals surface area contributed by atoms with Crippen molar-refractivity contribution >= 4 is 22.3 Å². The van der Waals surface area contributed by atoms with Crippen molar-refractivity contribution in [2.24, 2.45) is 0 Å². The molecule has 3 heterocycles. The van der Waals surface area contributed by atoms with Crippen LogP contribution in [-0.2, 0) is 6.54 Å². The van der Waals surface area contributed by atoms with Gasteiger partial charge < -0.3 is 5.32 Å². The predicted molar refractivity (Wildman–Crippen MR) is 128 cm³/mol. The minimum atomic E-state index is -0.204. The molecule has 2 aromatic heterocycles. The van der Waals surface area contributed by atoms with Gasteiger partial charge in [-0.1, -0.05) is 19.1 Å². The maximum absolute atomic E-state index is 14.5. The maximum Gasteiger partial charge on any atom is 0.124 e. The summed E-state index contributed by atoms with van der Waals surface area (Å²) in [7, 11) is 0. The van der Waals surface area contributed by atoms with Crippen LogP contribution >= 0.6 is 0 Å². The number of likely N-dealkylation sites (tertiary alicyclic amines) is 1. The molecule has 0 amide bonds. The zero-order valence-electron chi connectivity index (χ0n) is 17.9. The second-order valence-corrected chi connectivity index (χ2v) is 8.36. The largest absolute Gasteiger partial charge is 0.353 e. The van der Waals surface area contributed by atoms with Gasteiger partial charge in [0.15, 0.2) is 0 Å². The van der Waals surface area contributed by atoms with Crippen LogP contribution in [0.4, 0.5) is 10.1 Å². The van der Waals surface area contributed by atoms with E-state index in [1.54, 1.807) is 24.5 Å². The second-order valence-electron chi connectivity index (χ2n) is 8.36. The number of fused-ring (bicyclic) bond motifs is 1. The summed E-state index contributed by atoms with van der Waals surface area (Å²) in [4.78, 5) is 6.53. The monoisotopic (exact) mass is 427 g/mol. The molecule has 0 bridgehead atoms. The Hall–Kier alpha value is -3.51. The van der Waals surface area contributed by atoms with Gasteiger partial charge in [0.2, 0.25) is 0 Å². The Morgan fingerprint density at radius 1 is 1.06 bits per heavy atom. The van der Waals surface area contributed by atoms with E-state index in [9.17, 15) is 4.39 Å². The van der Waals surface area contributed by atoms with E-state index in [-0.39, 0.29) is 5.82 Å². The molecule has 5 nitrogen and oxygen atoms in total. The van der Waals surface area contributed by atoms with Crippen LogP contribution in [0.25, 0.3) is 27.7 Å². The summed E-state index contributed by atoms with van der Waals surface area (Å²) in [6.07, 6.45) is 7.20. The number of H-pyrrole nitrogens is 1. The Kier molecular flexibility index (Phi) is 5.69. The summed E-state index contributed by atoms with van der Waals surface area (Å²) in [5.74, 6) is -0.204. The van der Waals surface area contributed by atoms with Crippen molar-refractivity contribution in [3.8, 4) is 11.1 Å². The molecule has 1 saturated heterocycles. The smallest absolute Gasteiger partial charge is 0.124 e. The lowest BCUT2D eigenvalue weighted by Gasteiger charge is -2.26. The third-order valence-corrected chi connectivity index (χ3v) is 5.95. The van der Waals surface area contributed by atoms with Crippen molar-refractivity contribution in [1.82, 2.24) is 20.1 Å². The number of piperidine rings is 1. The summed E-state index contributed by atoms with van der Waals surface area (Å²) >= 11 is 0. The molecule has 0 unspecified atom stereocenters. The normalized spacial score (nSPS) is 14.5. The molecule has 4 aromatic rings. The number of nitrogens with zero attached hydrogens (tertiary/aromatic N) is 3. The topological polar surface area (TPSA) is 56.8 Å². The van der Waals surface area contributed by atoms with E-state index in [2.05, 4.69) is 38.0 Å². The number of hydrogen-bond acceptors (Lipinski definition) is 4. The van der Waals surface area contributed by atoms with Crippen LogP contribution in [0.1, 0.15) is 30.5 Å². The third-order valence-electron chi connectivity index (χ3n) is 5.95. The van der Waals surface area contributed by atoms with Crippen molar-refractivity contribution in [2.75, 3.05) is 18.4 Å². The average Bonchev–Trinajstić information content (AvgIpc) is 3.23. The standard InChI is InChI=1S/C26H26FN5/c1-18(29-23-6-5-9-28-16-23)26-24-15-20(7-8-25(24)30-31-26)21-12-19(13-22(27)14-21)17-32-10-3-2-4-11-32/h5-9,12-16,29H,1-4,10-11,17H2,(H,30,31). The molecule has 1 aliphatic heterocycles. The first-order valence-electron chi connectivity index (χ1n) is 11.0. The van der Waals surface area contributed by atoms with E-state index in [0.29, 0.717) is 5.70 Å². The van der Waals surface area contributed by atoms with Crippen molar-refractivity contribution in [3.63, 3.8) is 0 Å². The summed E-state index contributed by atoms with van der Waals surface area (Å²) in [6.45, 7) is 7.11. The molecule has 1 fully saturated rings. The second kappa shape index (κ2) is 8.93. The van der Waals surface area contributed by atoms with Crippen molar-refractivity contribution in [1.29, 1.82) is 0 Å². The number of halogens is 1. The van der Waals surface area contributed by atoms with Crippen LogP contribution in [0, 0.1) is 5.82 Å². The molecule has 0 aliphatic carbocycles. The number of aromatic nitrogens is 3. The van der Waals surface area contributed by atoms with E-state index in [1.807, 2.05) is 30.3 Å². The van der Waals surface area contributed by atoms with Gasteiger partial charge in [0.25, 0.3) is 0 Å². The Morgan fingerprint density at radius 3 is 2.75 bits per heavy atom. The van der Waals surface area contributed by atoms with E-state index in [0.717, 1.165) is 58.6 Å². The van der Waals surface area contributed by atoms with Crippen LogP contribution in [0.3, 0.4) is 0 Å². The van der Waals surface area contributed by atoms with E-state index >= 15 is 0 Å². The van der Waals surface area contributed by atoms with Gasteiger partial charge in [-0.15, -0.1) is 0 Å². The quantitative estimate of drug-likeness (QED) is 0.406. The van der Waals surface area contributed by atoms with Gasteiger partial charge in [-0.05, 0) is 85.1 Å². The van der Waals surface area contributed by atoms with Gasteiger partial charge in [-0.2, -0.15) is 5.10 Å². The Balaban J connectivity index is 1.44. The fourth-order valence-corrected chi connectivity index (χ4v) is 4.38. The van der Waals surface area contributed by atoms with E-state index in [4.69, 9.17) is 0 Å². The van der Waals surface area contributed by atoms with Gasteiger partial charge in [0.05, 0.1) is 23.1 Å². The molecule has 1 aliphatic rings.